The number of fused-ring (bicyclic) bond motifs is 2. The number of nitrogens with zero attached hydrogens (tertiary/aromatic N) is 1. The molecule has 18 heavy (non-hydrogen) atoms. The minimum Gasteiger partial charge on any atom is -0.446 e. The first kappa shape index (κ1) is 12.3. The Labute approximate surface area is 121 Å². The smallest absolute Gasteiger partial charge is 0.410 e. The quantitative estimate of drug-likeness (QED) is 0.600. The number of alkyl halides is 1. The van der Waals surface area contributed by atoms with Gasteiger partial charge < -0.3 is 4.74 Å². The molecule has 0 radical (unpaired) electrons. The van der Waals surface area contributed by atoms with Crippen molar-refractivity contribution in [1.82, 2.24) is 4.90 Å². The third-order valence-corrected chi connectivity index (χ3v) is 5.24. The molecule has 1 aliphatic heterocycles. The number of carbonyl (C=O) groups excluding carboxylic acids is 1. The lowest BCUT2D eigenvalue weighted by Gasteiger charge is -2.44. The average molecular weight is 357 g/mol. The molecule has 1 aliphatic carbocycles. The fourth-order valence-corrected chi connectivity index (χ4v) is 3.85. The van der Waals surface area contributed by atoms with E-state index >= 15 is 0 Å². The van der Waals surface area contributed by atoms with E-state index in [0.29, 0.717) is 16.5 Å². The van der Waals surface area contributed by atoms with E-state index in [1.54, 1.807) is 0 Å². The molecule has 96 valence electrons. The number of rotatable bonds is 2. The lowest BCUT2D eigenvalue weighted by Crippen LogP contribution is -2.54. The lowest BCUT2D eigenvalue weighted by molar-refractivity contribution is -0.0235. The van der Waals surface area contributed by atoms with Crippen molar-refractivity contribution in [1.29, 1.82) is 0 Å². The molecule has 0 aromatic heterocycles. The van der Waals surface area contributed by atoms with Crippen LogP contribution in [0.5, 0.6) is 0 Å². The zero-order valence-corrected chi connectivity index (χ0v) is 12.2. The monoisotopic (exact) mass is 357 g/mol. The molecule has 1 heterocycles. The highest BCUT2D eigenvalue weighted by atomic mass is 127. The van der Waals surface area contributed by atoms with Crippen LogP contribution < -0.4 is 0 Å². The molecular weight excluding hydrogens is 341 g/mol. The first-order valence-corrected chi connectivity index (χ1v) is 7.64. The summed E-state index contributed by atoms with van der Waals surface area (Å²) >= 11 is 2.48. The molecule has 2 aliphatic rings. The largest absolute Gasteiger partial charge is 0.446 e. The molecule has 1 aromatic carbocycles. The molecule has 2 fully saturated rings. The Morgan fingerprint density at radius 3 is 2.83 bits per heavy atom. The lowest BCUT2D eigenvalue weighted by atomic mass is 9.90. The van der Waals surface area contributed by atoms with Gasteiger partial charge in [0.25, 0.3) is 0 Å². The fourth-order valence-electron chi connectivity index (χ4n) is 2.81. The molecular formula is C14H16INO2. The summed E-state index contributed by atoms with van der Waals surface area (Å²) in [5.74, 6) is 0. The summed E-state index contributed by atoms with van der Waals surface area (Å²) in [6, 6.07) is 10.5. The van der Waals surface area contributed by atoms with E-state index in [4.69, 9.17) is 4.74 Å². The van der Waals surface area contributed by atoms with Crippen LogP contribution in [-0.4, -0.2) is 27.1 Å². The summed E-state index contributed by atoms with van der Waals surface area (Å²) in [4.78, 5) is 14.0. The average Bonchev–Trinajstić information content (AvgIpc) is 2.39. The Hall–Kier alpha value is -0.780. The summed E-state index contributed by atoms with van der Waals surface area (Å²) in [6.07, 6.45) is 3.18. The fraction of sp³-hybridized carbons (Fsp3) is 0.500. The van der Waals surface area contributed by atoms with Crippen LogP contribution in [-0.2, 0) is 11.3 Å². The molecule has 1 aromatic rings. The first-order chi connectivity index (χ1) is 8.74. The van der Waals surface area contributed by atoms with Gasteiger partial charge in [0.05, 0.1) is 6.04 Å². The number of amides is 1. The Bertz CT molecular complexity index is 437. The zero-order valence-electron chi connectivity index (χ0n) is 10.1. The van der Waals surface area contributed by atoms with Gasteiger partial charge in [0.15, 0.2) is 0 Å². The van der Waals surface area contributed by atoms with Crippen LogP contribution in [0.15, 0.2) is 30.3 Å². The number of ether oxygens (including phenoxy) is 1. The van der Waals surface area contributed by atoms with Crippen LogP contribution in [0.1, 0.15) is 24.8 Å². The van der Waals surface area contributed by atoms with Gasteiger partial charge in [0.2, 0.25) is 0 Å². The van der Waals surface area contributed by atoms with Crippen LogP contribution in [0.3, 0.4) is 0 Å². The van der Waals surface area contributed by atoms with E-state index in [0.717, 1.165) is 19.3 Å². The van der Waals surface area contributed by atoms with Gasteiger partial charge in [-0.25, -0.2) is 4.79 Å². The van der Waals surface area contributed by atoms with Crippen molar-refractivity contribution < 1.29 is 9.53 Å². The summed E-state index contributed by atoms with van der Waals surface area (Å²) < 4.78 is 6.03. The molecule has 1 amide bonds. The van der Waals surface area contributed by atoms with Gasteiger partial charge in [-0.3, -0.25) is 4.90 Å². The Balaban J connectivity index is 1.79. The molecule has 2 bridgehead atoms. The molecule has 0 spiro atoms. The molecule has 3 atom stereocenters. The number of halogens is 1. The minimum atomic E-state index is -0.138. The van der Waals surface area contributed by atoms with E-state index in [9.17, 15) is 4.79 Å². The highest BCUT2D eigenvalue weighted by molar-refractivity contribution is 14.1. The Kier molecular flexibility index (Phi) is 3.46. The second-order valence-corrected chi connectivity index (χ2v) is 6.62. The van der Waals surface area contributed by atoms with Crippen molar-refractivity contribution in [3.63, 3.8) is 0 Å². The van der Waals surface area contributed by atoms with Crippen LogP contribution in [0.4, 0.5) is 4.79 Å². The van der Waals surface area contributed by atoms with Gasteiger partial charge in [-0.1, -0.05) is 52.9 Å². The predicted octanol–water partition coefficient (Wildman–Crippen LogP) is 3.36. The van der Waals surface area contributed by atoms with Gasteiger partial charge in [-0.2, -0.15) is 0 Å². The summed E-state index contributed by atoms with van der Waals surface area (Å²) in [5.41, 5.74) is 1.17. The number of hydrogen-bond acceptors (Lipinski definition) is 2. The van der Waals surface area contributed by atoms with E-state index in [1.165, 1.54) is 5.56 Å². The number of benzene rings is 1. The van der Waals surface area contributed by atoms with Crippen molar-refractivity contribution in [2.45, 2.75) is 41.9 Å². The van der Waals surface area contributed by atoms with Crippen molar-refractivity contribution >= 4 is 28.7 Å². The summed E-state index contributed by atoms with van der Waals surface area (Å²) in [6.45, 7) is 0.663. The van der Waals surface area contributed by atoms with Crippen LogP contribution >= 0.6 is 22.6 Å². The third kappa shape index (κ3) is 2.35. The van der Waals surface area contributed by atoms with E-state index < -0.39 is 0 Å². The van der Waals surface area contributed by atoms with Crippen molar-refractivity contribution in [3.05, 3.63) is 35.9 Å². The predicted molar refractivity (Wildman–Crippen MR) is 77.7 cm³/mol. The minimum absolute atomic E-state index is 0.138. The zero-order chi connectivity index (χ0) is 12.5. The highest BCUT2D eigenvalue weighted by Crippen LogP contribution is 2.35. The van der Waals surface area contributed by atoms with E-state index in [2.05, 4.69) is 34.7 Å². The van der Waals surface area contributed by atoms with Gasteiger partial charge in [-0.05, 0) is 18.4 Å². The van der Waals surface area contributed by atoms with E-state index in [1.807, 2.05) is 23.1 Å². The normalized spacial score (nSPS) is 31.1. The maximum absolute atomic E-state index is 12.1. The van der Waals surface area contributed by atoms with Crippen molar-refractivity contribution in [2.24, 2.45) is 0 Å². The maximum Gasteiger partial charge on any atom is 0.410 e. The molecule has 0 N–H and O–H groups in total. The van der Waals surface area contributed by atoms with Gasteiger partial charge in [0.1, 0.15) is 6.10 Å². The SMILES string of the molecule is O=C1O[C@@H]2CC[C@@H](I)[C@@H](C2)N1Cc1ccccc1. The maximum atomic E-state index is 12.1. The standard InChI is InChI=1S/C14H16INO2/c15-12-7-6-11-8-13(12)16(14(17)18-11)9-10-4-2-1-3-5-10/h1-5,11-13H,6-9H2/t11-,12-,13-/m1/s1. The van der Waals surface area contributed by atoms with Crippen molar-refractivity contribution in [3.8, 4) is 0 Å². The molecule has 0 unspecified atom stereocenters. The summed E-state index contributed by atoms with van der Waals surface area (Å²) in [7, 11) is 0. The number of hydrogen-bond donors (Lipinski definition) is 0. The molecule has 3 nitrogen and oxygen atoms in total. The number of carbonyl (C=O) groups is 1. The Morgan fingerprint density at radius 2 is 2.06 bits per heavy atom. The third-order valence-electron chi connectivity index (χ3n) is 3.78. The second kappa shape index (κ2) is 5.07. The molecule has 1 saturated carbocycles. The molecule has 4 heteroatoms. The first-order valence-electron chi connectivity index (χ1n) is 6.39. The van der Waals surface area contributed by atoms with Crippen LogP contribution in [0, 0.1) is 0 Å². The van der Waals surface area contributed by atoms with Crippen LogP contribution in [0.25, 0.3) is 0 Å². The molecule has 1 saturated heterocycles. The van der Waals surface area contributed by atoms with Crippen LogP contribution in [0.2, 0.25) is 0 Å². The van der Waals surface area contributed by atoms with Gasteiger partial charge >= 0.3 is 6.09 Å². The topological polar surface area (TPSA) is 29.5 Å². The van der Waals surface area contributed by atoms with Gasteiger partial charge in [-0.15, -0.1) is 0 Å². The second-order valence-electron chi connectivity index (χ2n) is 5.02. The van der Waals surface area contributed by atoms with E-state index in [-0.39, 0.29) is 12.2 Å². The highest BCUT2D eigenvalue weighted by Gasteiger charge is 2.42. The van der Waals surface area contributed by atoms with Crippen molar-refractivity contribution in [2.75, 3.05) is 0 Å². The molecule has 3 rings (SSSR count). The Morgan fingerprint density at radius 1 is 1.28 bits per heavy atom. The summed E-state index contributed by atoms with van der Waals surface area (Å²) in [5, 5.41) is 0. The van der Waals surface area contributed by atoms with Gasteiger partial charge in [0, 0.05) is 16.9 Å².